The van der Waals surface area contributed by atoms with E-state index in [0.717, 1.165) is 19.0 Å². The SMILES string of the molecule is Cc1[nH]c2ccccc2c1[C@H](C1CC1)N1CCNCC1.Cl.Cl. The Kier molecular flexibility index (Phi) is 5.78. The van der Waals surface area contributed by atoms with E-state index >= 15 is 0 Å². The van der Waals surface area contributed by atoms with E-state index in [1.54, 1.807) is 5.56 Å². The number of rotatable bonds is 3. The summed E-state index contributed by atoms with van der Waals surface area (Å²) in [4.78, 5) is 6.29. The smallest absolute Gasteiger partial charge is 0.0459 e. The molecule has 1 saturated carbocycles. The number of fused-ring (bicyclic) bond motifs is 1. The second-order valence-electron chi connectivity index (χ2n) is 6.28. The molecule has 2 N–H and O–H groups in total. The summed E-state index contributed by atoms with van der Waals surface area (Å²) in [5.74, 6) is 0.867. The first-order valence-electron chi connectivity index (χ1n) is 7.86. The van der Waals surface area contributed by atoms with Crippen LogP contribution in [0.3, 0.4) is 0 Å². The summed E-state index contributed by atoms with van der Waals surface area (Å²) >= 11 is 0. The normalized spacial score (nSPS) is 20.2. The Hall–Kier alpha value is -0.740. The van der Waals surface area contributed by atoms with Crippen molar-refractivity contribution >= 4 is 35.7 Å². The molecule has 3 nitrogen and oxygen atoms in total. The lowest BCUT2D eigenvalue weighted by Crippen LogP contribution is -2.45. The van der Waals surface area contributed by atoms with Gasteiger partial charge in [0.25, 0.3) is 0 Å². The zero-order valence-electron chi connectivity index (χ0n) is 13.0. The van der Waals surface area contributed by atoms with Crippen LogP contribution in [0, 0.1) is 12.8 Å². The molecule has 122 valence electrons. The van der Waals surface area contributed by atoms with Gasteiger partial charge < -0.3 is 10.3 Å². The molecule has 1 saturated heterocycles. The standard InChI is InChI=1S/C17H23N3.2ClH/c1-12-16(14-4-2-3-5-15(14)19-12)17(13-6-7-13)20-10-8-18-9-11-20;;/h2-5,13,17-19H,6-11H2,1H3;2*1H/t17-;;/m0../s1. The van der Waals surface area contributed by atoms with Crippen LogP contribution in [0.2, 0.25) is 0 Å². The summed E-state index contributed by atoms with van der Waals surface area (Å²) in [6, 6.07) is 9.40. The molecule has 0 spiro atoms. The summed E-state index contributed by atoms with van der Waals surface area (Å²) < 4.78 is 0. The fourth-order valence-corrected chi connectivity index (χ4v) is 3.77. The first kappa shape index (κ1) is 17.6. The van der Waals surface area contributed by atoms with Gasteiger partial charge in [-0.25, -0.2) is 0 Å². The predicted molar refractivity (Wildman–Crippen MR) is 97.4 cm³/mol. The first-order chi connectivity index (χ1) is 9.84. The highest BCUT2D eigenvalue weighted by Crippen LogP contribution is 2.47. The molecule has 5 heteroatoms. The van der Waals surface area contributed by atoms with E-state index in [0.29, 0.717) is 6.04 Å². The summed E-state index contributed by atoms with van der Waals surface area (Å²) in [6.07, 6.45) is 2.79. The molecular formula is C17H25Cl2N3. The highest BCUT2D eigenvalue weighted by Gasteiger charge is 2.38. The average Bonchev–Trinajstić information content (AvgIpc) is 3.25. The minimum Gasteiger partial charge on any atom is -0.358 e. The van der Waals surface area contributed by atoms with Gasteiger partial charge >= 0.3 is 0 Å². The van der Waals surface area contributed by atoms with Gasteiger partial charge in [-0.2, -0.15) is 0 Å². The summed E-state index contributed by atoms with van der Waals surface area (Å²) in [6.45, 7) is 6.86. The Morgan fingerprint density at radius 2 is 1.77 bits per heavy atom. The summed E-state index contributed by atoms with van der Waals surface area (Å²) in [7, 11) is 0. The largest absolute Gasteiger partial charge is 0.358 e. The van der Waals surface area contributed by atoms with E-state index in [1.807, 2.05) is 0 Å². The van der Waals surface area contributed by atoms with Crippen molar-refractivity contribution in [3.05, 3.63) is 35.5 Å². The van der Waals surface area contributed by atoms with Crippen LogP contribution in [-0.2, 0) is 0 Å². The number of hydrogen-bond acceptors (Lipinski definition) is 2. The van der Waals surface area contributed by atoms with Gasteiger partial charge in [0.1, 0.15) is 0 Å². The molecule has 1 aliphatic heterocycles. The molecule has 2 fully saturated rings. The molecule has 2 aromatic rings. The Morgan fingerprint density at radius 1 is 1.09 bits per heavy atom. The molecule has 22 heavy (non-hydrogen) atoms. The monoisotopic (exact) mass is 341 g/mol. The van der Waals surface area contributed by atoms with Gasteiger partial charge in [0, 0.05) is 48.8 Å². The number of aromatic amines is 1. The van der Waals surface area contributed by atoms with Gasteiger partial charge in [-0.05, 0) is 37.3 Å². The average molecular weight is 342 g/mol. The van der Waals surface area contributed by atoms with E-state index in [1.165, 1.54) is 42.5 Å². The fourth-order valence-electron chi connectivity index (χ4n) is 3.77. The minimum absolute atomic E-state index is 0. The van der Waals surface area contributed by atoms with E-state index < -0.39 is 0 Å². The Bertz CT molecular complexity index is 615. The van der Waals surface area contributed by atoms with Crippen molar-refractivity contribution in [3.63, 3.8) is 0 Å². The van der Waals surface area contributed by atoms with Crippen molar-refractivity contribution in [2.45, 2.75) is 25.8 Å². The second kappa shape index (κ2) is 7.22. The fraction of sp³-hybridized carbons (Fsp3) is 0.529. The number of halogens is 2. The highest BCUT2D eigenvalue weighted by molar-refractivity contribution is 5.86. The second-order valence-corrected chi connectivity index (χ2v) is 6.28. The van der Waals surface area contributed by atoms with Gasteiger partial charge in [0.2, 0.25) is 0 Å². The van der Waals surface area contributed by atoms with Crippen molar-refractivity contribution in [3.8, 4) is 0 Å². The Morgan fingerprint density at radius 3 is 2.45 bits per heavy atom. The van der Waals surface area contributed by atoms with E-state index in [9.17, 15) is 0 Å². The molecule has 1 aromatic carbocycles. The lowest BCUT2D eigenvalue weighted by atomic mass is 9.97. The molecule has 4 rings (SSSR count). The molecule has 1 atom stereocenters. The molecule has 0 bridgehead atoms. The quantitative estimate of drug-likeness (QED) is 0.892. The summed E-state index contributed by atoms with van der Waals surface area (Å²) in [5, 5.41) is 4.91. The number of para-hydroxylation sites is 1. The lowest BCUT2D eigenvalue weighted by Gasteiger charge is -2.35. The topological polar surface area (TPSA) is 31.1 Å². The Balaban J connectivity index is 0.000000882. The first-order valence-corrected chi connectivity index (χ1v) is 7.86. The van der Waals surface area contributed by atoms with E-state index in [4.69, 9.17) is 0 Å². The van der Waals surface area contributed by atoms with Crippen LogP contribution < -0.4 is 5.32 Å². The zero-order chi connectivity index (χ0) is 13.5. The molecular weight excluding hydrogens is 317 g/mol. The molecule has 0 radical (unpaired) electrons. The van der Waals surface area contributed by atoms with Crippen LogP contribution in [0.5, 0.6) is 0 Å². The van der Waals surface area contributed by atoms with Crippen LogP contribution in [0.1, 0.15) is 30.1 Å². The van der Waals surface area contributed by atoms with E-state index in [2.05, 4.69) is 46.4 Å². The predicted octanol–water partition coefficient (Wildman–Crippen LogP) is 3.68. The number of benzene rings is 1. The third-order valence-corrected chi connectivity index (χ3v) is 4.85. The van der Waals surface area contributed by atoms with Gasteiger partial charge in [-0.15, -0.1) is 24.8 Å². The Labute approximate surface area is 144 Å². The number of piperazine rings is 1. The number of aryl methyl sites for hydroxylation is 1. The van der Waals surface area contributed by atoms with Gasteiger partial charge in [0.05, 0.1) is 0 Å². The van der Waals surface area contributed by atoms with Crippen molar-refractivity contribution in [1.29, 1.82) is 0 Å². The number of nitrogens with one attached hydrogen (secondary N) is 2. The molecule has 0 amide bonds. The molecule has 2 heterocycles. The number of aromatic nitrogens is 1. The van der Waals surface area contributed by atoms with Crippen LogP contribution in [0.15, 0.2) is 24.3 Å². The number of hydrogen-bond donors (Lipinski definition) is 2. The number of nitrogens with zero attached hydrogens (tertiary/aromatic N) is 1. The molecule has 1 aliphatic carbocycles. The van der Waals surface area contributed by atoms with Crippen LogP contribution in [-0.4, -0.2) is 36.1 Å². The zero-order valence-corrected chi connectivity index (χ0v) is 14.6. The maximum Gasteiger partial charge on any atom is 0.0459 e. The molecule has 1 aromatic heterocycles. The van der Waals surface area contributed by atoms with E-state index in [-0.39, 0.29) is 24.8 Å². The van der Waals surface area contributed by atoms with Gasteiger partial charge in [-0.3, -0.25) is 4.90 Å². The van der Waals surface area contributed by atoms with Gasteiger partial charge in [0.15, 0.2) is 0 Å². The van der Waals surface area contributed by atoms with Crippen molar-refractivity contribution in [2.24, 2.45) is 5.92 Å². The third-order valence-electron chi connectivity index (χ3n) is 4.85. The van der Waals surface area contributed by atoms with Crippen LogP contribution in [0.4, 0.5) is 0 Å². The highest BCUT2D eigenvalue weighted by atomic mass is 35.5. The van der Waals surface area contributed by atoms with Crippen molar-refractivity contribution < 1.29 is 0 Å². The van der Waals surface area contributed by atoms with Gasteiger partial charge in [-0.1, -0.05) is 18.2 Å². The summed E-state index contributed by atoms with van der Waals surface area (Å²) in [5.41, 5.74) is 4.22. The minimum atomic E-state index is 0. The number of H-pyrrole nitrogens is 1. The lowest BCUT2D eigenvalue weighted by molar-refractivity contribution is 0.156. The van der Waals surface area contributed by atoms with Crippen LogP contribution in [0.25, 0.3) is 10.9 Å². The molecule has 0 unspecified atom stereocenters. The van der Waals surface area contributed by atoms with Crippen molar-refractivity contribution in [1.82, 2.24) is 15.2 Å². The third kappa shape index (κ3) is 3.13. The maximum absolute atomic E-state index is 3.59. The molecule has 2 aliphatic rings. The van der Waals surface area contributed by atoms with Crippen molar-refractivity contribution in [2.75, 3.05) is 26.2 Å². The maximum atomic E-state index is 3.59. The van der Waals surface area contributed by atoms with Crippen LogP contribution >= 0.6 is 24.8 Å².